The van der Waals surface area contributed by atoms with Crippen molar-refractivity contribution in [1.29, 1.82) is 0 Å². The summed E-state index contributed by atoms with van der Waals surface area (Å²) in [7, 11) is -3.56. The third-order valence-corrected chi connectivity index (χ3v) is 6.89. The maximum absolute atomic E-state index is 13.2. The van der Waals surface area contributed by atoms with Crippen LogP contribution in [0.3, 0.4) is 0 Å². The van der Waals surface area contributed by atoms with Crippen LogP contribution in [0.15, 0.2) is 53.7 Å². The van der Waals surface area contributed by atoms with Crippen molar-refractivity contribution in [3.8, 4) is 0 Å². The molecule has 1 amide bonds. The Morgan fingerprint density at radius 2 is 1.86 bits per heavy atom. The minimum atomic E-state index is -3.56. The summed E-state index contributed by atoms with van der Waals surface area (Å²) in [6.45, 7) is 2.41. The second-order valence-corrected chi connectivity index (χ2v) is 9.07. The Hall–Kier alpha value is -2.67. The first-order valence-corrected chi connectivity index (χ1v) is 11.2. The van der Waals surface area contributed by atoms with Crippen LogP contribution in [0.1, 0.15) is 25.3 Å². The number of rotatable bonds is 5. The van der Waals surface area contributed by atoms with Crippen molar-refractivity contribution >= 4 is 32.5 Å². The Labute approximate surface area is 164 Å². The minimum absolute atomic E-state index is 0.0110. The van der Waals surface area contributed by atoms with Gasteiger partial charge in [-0.1, -0.05) is 37.3 Å². The molecule has 0 fully saturated rings. The number of carbonyl (C=O) groups excluding carboxylic acids is 1. The van der Waals surface area contributed by atoms with Gasteiger partial charge in [0.15, 0.2) is 0 Å². The molecule has 7 heteroatoms. The molecule has 1 aliphatic heterocycles. The van der Waals surface area contributed by atoms with Gasteiger partial charge in [-0.05, 0) is 43.0 Å². The van der Waals surface area contributed by atoms with Crippen molar-refractivity contribution in [2.75, 3.05) is 17.2 Å². The topological polar surface area (TPSA) is 72.3 Å². The van der Waals surface area contributed by atoms with E-state index in [-0.39, 0.29) is 23.4 Å². The number of fused-ring (bicyclic) bond motifs is 2. The summed E-state index contributed by atoms with van der Waals surface area (Å²) in [6.07, 6.45) is 2.34. The molecule has 0 atom stereocenters. The van der Waals surface area contributed by atoms with Gasteiger partial charge < -0.3 is 9.47 Å². The van der Waals surface area contributed by atoms with E-state index in [4.69, 9.17) is 0 Å². The highest BCUT2D eigenvalue weighted by atomic mass is 32.2. The van der Waals surface area contributed by atoms with E-state index in [1.165, 1.54) is 0 Å². The Morgan fingerprint density at radius 3 is 2.68 bits per heavy atom. The maximum Gasteiger partial charge on any atom is 0.247 e. The quantitative estimate of drug-likeness (QED) is 0.663. The smallest absolute Gasteiger partial charge is 0.247 e. The Bertz CT molecular complexity index is 1130. The lowest BCUT2D eigenvalue weighted by atomic mass is 10.0. The summed E-state index contributed by atoms with van der Waals surface area (Å²) < 4.78 is 27.1. The second-order valence-electron chi connectivity index (χ2n) is 7.07. The Kier molecular flexibility index (Phi) is 4.93. The molecule has 1 aliphatic rings. The van der Waals surface area contributed by atoms with Gasteiger partial charge >= 0.3 is 0 Å². The fourth-order valence-electron chi connectivity index (χ4n) is 3.82. The van der Waals surface area contributed by atoms with E-state index >= 15 is 0 Å². The third kappa shape index (κ3) is 3.30. The van der Waals surface area contributed by atoms with Crippen molar-refractivity contribution < 1.29 is 13.2 Å². The van der Waals surface area contributed by atoms with Crippen LogP contribution in [-0.2, 0) is 27.6 Å². The van der Waals surface area contributed by atoms with E-state index in [0.717, 1.165) is 24.1 Å². The number of benzene rings is 2. The van der Waals surface area contributed by atoms with Crippen LogP contribution in [-0.4, -0.2) is 36.2 Å². The van der Waals surface area contributed by atoms with Crippen LogP contribution in [0.4, 0.5) is 5.69 Å². The third-order valence-electron chi connectivity index (χ3n) is 5.08. The molecule has 0 saturated carbocycles. The highest BCUT2D eigenvalue weighted by Gasteiger charge is 2.27. The van der Waals surface area contributed by atoms with Crippen LogP contribution in [0, 0.1) is 0 Å². The van der Waals surface area contributed by atoms with Crippen molar-refractivity contribution in [3.05, 3.63) is 54.1 Å². The van der Waals surface area contributed by atoms with E-state index in [1.807, 2.05) is 49.4 Å². The first-order valence-electron chi connectivity index (χ1n) is 9.57. The first kappa shape index (κ1) is 18.7. The predicted molar refractivity (Wildman–Crippen MR) is 109 cm³/mol. The van der Waals surface area contributed by atoms with Gasteiger partial charge in [0.1, 0.15) is 6.54 Å². The lowest BCUT2D eigenvalue weighted by Gasteiger charge is -2.29. The standard InChI is InChI=1S/C21H23N3O3S/c1-2-14-28(26,27)21-22-17-10-4-6-12-19(17)24(21)15-20(25)23-13-7-9-16-8-3-5-11-18(16)23/h3-6,8,10-12H,2,7,9,13-15H2,1H3. The molecule has 0 unspecified atom stereocenters. The summed E-state index contributed by atoms with van der Waals surface area (Å²) in [4.78, 5) is 19.3. The van der Waals surface area contributed by atoms with Crippen LogP contribution in [0.25, 0.3) is 11.0 Å². The van der Waals surface area contributed by atoms with Crippen molar-refractivity contribution in [2.24, 2.45) is 0 Å². The van der Waals surface area contributed by atoms with Gasteiger partial charge in [0.2, 0.25) is 20.9 Å². The number of hydrogen-bond donors (Lipinski definition) is 0. The van der Waals surface area contributed by atoms with Gasteiger partial charge in [0.05, 0.1) is 16.8 Å². The van der Waals surface area contributed by atoms with E-state index in [0.29, 0.717) is 24.0 Å². The molecular weight excluding hydrogens is 374 g/mol. The highest BCUT2D eigenvalue weighted by Crippen LogP contribution is 2.28. The SMILES string of the molecule is CCCS(=O)(=O)c1nc2ccccc2n1CC(=O)N1CCCc2ccccc21. The van der Waals surface area contributed by atoms with Crippen molar-refractivity contribution in [1.82, 2.24) is 9.55 Å². The average Bonchev–Trinajstić information content (AvgIpc) is 3.07. The van der Waals surface area contributed by atoms with Crippen LogP contribution >= 0.6 is 0 Å². The number of aryl methyl sites for hydroxylation is 1. The number of imidazole rings is 1. The average molecular weight is 398 g/mol. The van der Waals surface area contributed by atoms with E-state index in [1.54, 1.807) is 15.5 Å². The van der Waals surface area contributed by atoms with Gasteiger partial charge in [0.25, 0.3) is 0 Å². The molecule has 3 aromatic rings. The van der Waals surface area contributed by atoms with E-state index in [9.17, 15) is 13.2 Å². The zero-order chi connectivity index (χ0) is 19.7. The summed E-state index contributed by atoms with van der Waals surface area (Å²) >= 11 is 0. The fraction of sp³-hybridized carbons (Fsp3) is 0.333. The molecule has 146 valence electrons. The minimum Gasteiger partial charge on any atom is -0.311 e. The number of amides is 1. The summed E-state index contributed by atoms with van der Waals surface area (Å²) in [6, 6.07) is 15.1. The largest absolute Gasteiger partial charge is 0.311 e. The van der Waals surface area contributed by atoms with Crippen LogP contribution in [0.2, 0.25) is 0 Å². The zero-order valence-corrected chi connectivity index (χ0v) is 16.7. The molecule has 0 N–H and O–H groups in total. The van der Waals surface area contributed by atoms with E-state index < -0.39 is 9.84 Å². The first-order chi connectivity index (χ1) is 13.5. The number of anilines is 1. The maximum atomic E-state index is 13.2. The molecular formula is C21H23N3O3S. The molecule has 2 aromatic carbocycles. The molecule has 0 aliphatic carbocycles. The van der Waals surface area contributed by atoms with Gasteiger partial charge in [-0.25, -0.2) is 13.4 Å². The summed E-state index contributed by atoms with van der Waals surface area (Å²) in [5.74, 6) is -0.111. The summed E-state index contributed by atoms with van der Waals surface area (Å²) in [5.41, 5.74) is 3.32. The molecule has 4 rings (SSSR count). The molecule has 0 saturated heterocycles. The lowest BCUT2D eigenvalue weighted by molar-refractivity contribution is -0.119. The van der Waals surface area contributed by atoms with Crippen molar-refractivity contribution in [2.45, 2.75) is 37.9 Å². The van der Waals surface area contributed by atoms with Gasteiger partial charge in [0, 0.05) is 12.2 Å². The summed E-state index contributed by atoms with van der Waals surface area (Å²) in [5, 5.41) is -0.0193. The normalized spacial score (nSPS) is 14.2. The highest BCUT2D eigenvalue weighted by molar-refractivity contribution is 7.91. The van der Waals surface area contributed by atoms with Gasteiger partial charge in [-0.15, -0.1) is 0 Å². The van der Waals surface area contributed by atoms with Crippen molar-refractivity contribution in [3.63, 3.8) is 0 Å². The van der Waals surface area contributed by atoms with Gasteiger partial charge in [-0.2, -0.15) is 0 Å². The molecule has 0 bridgehead atoms. The number of nitrogens with zero attached hydrogens (tertiary/aromatic N) is 3. The number of aromatic nitrogens is 2. The zero-order valence-electron chi connectivity index (χ0n) is 15.8. The molecule has 0 spiro atoms. The second kappa shape index (κ2) is 7.39. The molecule has 0 radical (unpaired) electrons. The number of hydrogen-bond acceptors (Lipinski definition) is 4. The lowest BCUT2D eigenvalue weighted by Crippen LogP contribution is -2.38. The van der Waals surface area contributed by atoms with Gasteiger partial charge in [-0.3, -0.25) is 4.79 Å². The number of carbonyl (C=O) groups is 1. The Balaban J connectivity index is 1.75. The predicted octanol–water partition coefficient (Wildman–Crippen LogP) is 3.20. The molecule has 6 nitrogen and oxygen atoms in total. The van der Waals surface area contributed by atoms with E-state index in [2.05, 4.69) is 4.98 Å². The van der Waals surface area contributed by atoms with Crippen LogP contribution < -0.4 is 4.90 Å². The molecule has 1 aromatic heterocycles. The number of para-hydroxylation sites is 3. The monoisotopic (exact) mass is 397 g/mol. The van der Waals surface area contributed by atoms with Crippen LogP contribution in [0.5, 0.6) is 0 Å². The molecule has 28 heavy (non-hydrogen) atoms. The fourth-order valence-corrected chi connectivity index (χ4v) is 5.27. The molecule has 2 heterocycles. The Morgan fingerprint density at radius 1 is 1.11 bits per heavy atom. The number of sulfone groups is 1.